The van der Waals surface area contributed by atoms with Crippen molar-refractivity contribution in [3.05, 3.63) is 52.1 Å². The number of anilines is 1. The Morgan fingerprint density at radius 1 is 1.20 bits per heavy atom. The molecule has 1 aromatic carbocycles. The summed E-state index contributed by atoms with van der Waals surface area (Å²) in [5.74, 6) is -6.78. The van der Waals surface area contributed by atoms with E-state index in [1.165, 1.54) is 6.92 Å². The molecule has 0 spiro atoms. The third-order valence-corrected chi connectivity index (χ3v) is 7.57. The fourth-order valence-electron chi connectivity index (χ4n) is 4.85. The van der Waals surface area contributed by atoms with Gasteiger partial charge in [-0.25, -0.2) is 13.2 Å². The standard InChI is InChI=1S/C23H20F3N5O3S/c1-9-16(19(32)21(34)30-23(2-3-23)22(28)35-8-27)15-5-10-4-14(10)31(15)18(9)20(33)29-11-6-12(24)17(26)13(25)7-11/h6-8,10,14,27-28H,2-5H2,1H3,(H,29,33)(H,30,34). The Bertz CT molecular complexity index is 1330. The molecule has 4 N–H and O–H groups in total. The van der Waals surface area contributed by atoms with Gasteiger partial charge in [0.1, 0.15) is 5.69 Å². The zero-order chi connectivity index (χ0) is 25.2. The topological polar surface area (TPSA) is 128 Å². The van der Waals surface area contributed by atoms with Gasteiger partial charge in [0.05, 0.1) is 21.7 Å². The highest BCUT2D eigenvalue weighted by Gasteiger charge is 2.52. The molecule has 1 aliphatic heterocycles. The van der Waals surface area contributed by atoms with E-state index in [1.54, 1.807) is 4.57 Å². The first-order valence-electron chi connectivity index (χ1n) is 10.9. The van der Waals surface area contributed by atoms with Crippen molar-refractivity contribution in [2.24, 2.45) is 5.92 Å². The molecule has 2 atom stereocenters. The lowest BCUT2D eigenvalue weighted by molar-refractivity contribution is -0.117. The summed E-state index contributed by atoms with van der Waals surface area (Å²) in [6.07, 6.45) is 2.29. The van der Waals surface area contributed by atoms with E-state index in [9.17, 15) is 27.6 Å². The van der Waals surface area contributed by atoms with Gasteiger partial charge in [-0.15, -0.1) is 0 Å². The van der Waals surface area contributed by atoms with Crippen LogP contribution in [0.2, 0.25) is 0 Å². The molecule has 2 fully saturated rings. The van der Waals surface area contributed by atoms with E-state index >= 15 is 0 Å². The number of nitrogens with zero attached hydrogens (tertiary/aromatic N) is 1. The number of nitrogens with one attached hydrogen (secondary N) is 4. The lowest BCUT2D eigenvalue weighted by atomic mass is 10.0. The van der Waals surface area contributed by atoms with Crippen LogP contribution in [0.15, 0.2) is 12.1 Å². The average Bonchev–Trinajstić information content (AvgIpc) is 3.69. The van der Waals surface area contributed by atoms with Crippen LogP contribution >= 0.6 is 11.8 Å². The monoisotopic (exact) mass is 503 g/mol. The summed E-state index contributed by atoms with van der Waals surface area (Å²) >= 11 is 0.856. The first-order valence-corrected chi connectivity index (χ1v) is 11.8. The Hall–Kier alpha value is -3.41. The molecule has 3 aliphatic rings. The van der Waals surface area contributed by atoms with Gasteiger partial charge in [0.25, 0.3) is 17.6 Å². The number of benzene rings is 1. The van der Waals surface area contributed by atoms with Gasteiger partial charge in [0.15, 0.2) is 17.5 Å². The number of carbonyl (C=O) groups is 3. The maximum Gasteiger partial charge on any atom is 0.293 e. The number of rotatable bonds is 7. The third kappa shape index (κ3) is 3.76. The largest absolute Gasteiger partial charge is 0.338 e. The van der Waals surface area contributed by atoms with Crippen LogP contribution in [0.3, 0.4) is 0 Å². The van der Waals surface area contributed by atoms with E-state index in [0.717, 1.165) is 23.7 Å². The maximum absolute atomic E-state index is 13.6. The van der Waals surface area contributed by atoms with Gasteiger partial charge in [0, 0.05) is 29.6 Å². The maximum atomic E-state index is 13.6. The molecule has 182 valence electrons. The molecule has 1 aromatic heterocycles. The van der Waals surface area contributed by atoms with E-state index in [0.29, 0.717) is 37.1 Å². The van der Waals surface area contributed by atoms with E-state index in [2.05, 4.69) is 10.6 Å². The minimum atomic E-state index is -1.65. The number of carbonyl (C=O) groups excluding carboxylic acids is 3. The molecular weight excluding hydrogens is 483 g/mol. The van der Waals surface area contributed by atoms with Gasteiger partial charge in [-0.1, -0.05) is 11.8 Å². The summed E-state index contributed by atoms with van der Waals surface area (Å²) in [5.41, 5.74) is 0.787. The predicted molar refractivity (Wildman–Crippen MR) is 123 cm³/mol. The van der Waals surface area contributed by atoms with E-state index < -0.39 is 40.6 Å². The third-order valence-electron chi connectivity index (χ3n) is 6.83. The van der Waals surface area contributed by atoms with Crippen molar-refractivity contribution in [1.82, 2.24) is 9.88 Å². The SMILES string of the molecule is Cc1c(C(=O)C(=O)NC2(C(=N)SC=N)CC2)c2n(c1C(=O)Nc1cc(F)c(F)c(F)c1)C1CC1C2. The minimum Gasteiger partial charge on any atom is -0.338 e. The van der Waals surface area contributed by atoms with E-state index in [4.69, 9.17) is 10.8 Å². The molecule has 8 nitrogen and oxygen atoms in total. The number of thioether (sulfide) groups is 1. The number of hydrogen-bond acceptors (Lipinski definition) is 6. The van der Waals surface area contributed by atoms with Crippen LogP contribution in [0, 0.1) is 41.1 Å². The summed E-state index contributed by atoms with van der Waals surface area (Å²) in [7, 11) is 0. The number of fused-ring (bicyclic) bond motifs is 3. The summed E-state index contributed by atoms with van der Waals surface area (Å²) in [6, 6.07) is 1.31. The second-order valence-electron chi connectivity index (χ2n) is 9.07. The van der Waals surface area contributed by atoms with Gasteiger partial charge in [-0.3, -0.25) is 19.8 Å². The summed E-state index contributed by atoms with van der Waals surface area (Å²) in [6.45, 7) is 1.53. The van der Waals surface area contributed by atoms with Crippen LogP contribution in [0.5, 0.6) is 0 Å². The minimum absolute atomic E-state index is 0.0114. The second kappa shape index (κ2) is 8.08. The Kier molecular flexibility index (Phi) is 5.38. The Balaban J connectivity index is 1.45. The fourth-order valence-corrected chi connectivity index (χ4v) is 5.44. The highest BCUT2D eigenvalue weighted by Crippen LogP contribution is 2.54. The quantitative estimate of drug-likeness (QED) is 0.151. The van der Waals surface area contributed by atoms with Crippen LogP contribution in [0.4, 0.5) is 18.9 Å². The number of halogens is 3. The number of aromatic nitrogens is 1. The van der Waals surface area contributed by atoms with Crippen LogP contribution < -0.4 is 10.6 Å². The predicted octanol–water partition coefficient (Wildman–Crippen LogP) is 3.73. The number of Topliss-reactive ketones (excluding diaryl/α,β-unsaturated/α-hetero) is 1. The second-order valence-corrected chi connectivity index (χ2v) is 9.95. The smallest absolute Gasteiger partial charge is 0.293 e. The Morgan fingerprint density at radius 2 is 1.86 bits per heavy atom. The molecule has 2 aromatic rings. The number of hydrogen-bond donors (Lipinski definition) is 4. The van der Waals surface area contributed by atoms with Crippen molar-refractivity contribution in [2.45, 2.75) is 44.2 Å². The molecule has 2 aliphatic carbocycles. The zero-order valence-electron chi connectivity index (χ0n) is 18.4. The van der Waals surface area contributed by atoms with Crippen LogP contribution in [-0.2, 0) is 11.2 Å². The van der Waals surface area contributed by atoms with Gasteiger partial charge in [-0.05, 0) is 44.1 Å². The first kappa shape index (κ1) is 23.3. The van der Waals surface area contributed by atoms with Crippen molar-refractivity contribution < 1.29 is 27.6 Å². The fraction of sp³-hybridized carbons (Fsp3) is 0.348. The lowest BCUT2D eigenvalue weighted by Crippen LogP contribution is -2.45. The summed E-state index contributed by atoms with van der Waals surface area (Å²) < 4.78 is 42.2. The van der Waals surface area contributed by atoms with Gasteiger partial charge in [-0.2, -0.15) is 0 Å². The van der Waals surface area contributed by atoms with E-state index in [-0.39, 0.29) is 39.5 Å². The molecule has 2 heterocycles. The highest BCUT2D eigenvalue weighted by molar-refractivity contribution is 8.25. The molecule has 0 radical (unpaired) electrons. The van der Waals surface area contributed by atoms with Crippen molar-refractivity contribution in [2.75, 3.05) is 5.32 Å². The normalized spacial score (nSPS) is 20.5. The molecule has 0 bridgehead atoms. The molecule has 2 amide bonds. The molecule has 2 saturated carbocycles. The Morgan fingerprint density at radius 3 is 2.46 bits per heavy atom. The molecular formula is C23H20F3N5O3S. The summed E-state index contributed by atoms with van der Waals surface area (Å²) in [4.78, 5) is 39.2. The average molecular weight is 504 g/mol. The van der Waals surface area contributed by atoms with Gasteiger partial charge < -0.3 is 20.6 Å². The van der Waals surface area contributed by atoms with Crippen molar-refractivity contribution in [1.29, 1.82) is 10.8 Å². The molecule has 5 rings (SSSR count). The van der Waals surface area contributed by atoms with Crippen molar-refractivity contribution >= 4 is 45.6 Å². The molecule has 2 unspecified atom stereocenters. The molecule has 0 saturated heterocycles. The van der Waals surface area contributed by atoms with Gasteiger partial charge in [0.2, 0.25) is 0 Å². The van der Waals surface area contributed by atoms with Crippen LogP contribution in [0.1, 0.15) is 57.4 Å². The van der Waals surface area contributed by atoms with Crippen molar-refractivity contribution in [3.63, 3.8) is 0 Å². The van der Waals surface area contributed by atoms with Crippen molar-refractivity contribution in [3.8, 4) is 0 Å². The highest BCUT2D eigenvalue weighted by atomic mass is 32.2. The Labute approximate surface area is 201 Å². The lowest BCUT2D eigenvalue weighted by Gasteiger charge is -2.16. The molecule has 12 heteroatoms. The number of amides is 2. The summed E-state index contributed by atoms with van der Waals surface area (Å²) in [5, 5.41) is 20.3. The van der Waals surface area contributed by atoms with Crippen LogP contribution in [-0.4, -0.2) is 38.3 Å². The number of ketones is 1. The van der Waals surface area contributed by atoms with Crippen LogP contribution in [0.25, 0.3) is 0 Å². The zero-order valence-corrected chi connectivity index (χ0v) is 19.2. The first-order chi connectivity index (χ1) is 16.6. The molecule has 35 heavy (non-hydrogen) atoms. The van der Waals surface area contributed by atoms with E-state index in [1.807, 2.05) is 0 Å². The van der Waals surface area contributed by atoms with Gasteiger partial charge >= 0.3 is 0 Å².